The van der Waals surface area contributed by atoms with Crippen LogP contribution in [0, 0.1) is 13.8 Å². The number of anilines is 4. The molecule has 2 heterocycles. The number of amides is 2. The minimum absolute atomic E-state index is 0.0660. The molecule has 2 amide bonds. The first kappa shape index (κ1) is 23.5. The van der Waals surface area contributed by atoms with Crippen molar-refractivity contribution in [2.45, 2.75) is 40.0 Å². The van der Waals surface area contributed by atoms with Gasteiger partial charge in [0.1, 0.15) is 17.5 Å². The third-order valence-electron chi connectivity index (χ3n) is 6.04. The lowest BCUT2D eigenvalue weighted by Gasteiger charge is -2.35. The summed E-state index contributed by atoms with van der Waals surface area (Å²) in [6.45, 7) is 13.2. The number of rotatable bonds is 4. The fourth-order valence-electron chi connectivity index (χ4n) is 3.96. The molecule has 3 aromatic rings. The van der Waals surface area contributed by atoms with Crippen LogP contribution in [0.3, 0.4) is 0 Å². The average Bonchev–Trinajstić information content (AvgIpc) is 2.80. The number of aromatic nitrogens is 2. The summed E-state index contributed by atoms with van der Waals surface area (Å²) in [5, 5.41) is 6.39. The molecule has 0 spiro atoms. The van der Waals surface area contributed by atoms with Crippen LogP contribution < -0.4 is 15.5 Å². The molecule has 34 heavy (non-hydrogen) atoms. The van der Waals surface area contributed by atoms with Gasteiger partial charge in [-0.3, -0.25) is 0 Å². The summed E-state index contributed by atoms with van der Waals surface area (Å²) in [5.74, 6) is 2.36. The van der Waals surface area contributed by atoms with Gasteiger partial charge < -0.3 is 20.4 Å². The molecule has 1 aromatic heterocycles. The number of piperazine rings is 1. The van der Waals surface area contributed by atoms with Crippen LogP contribution in [0.5, 0.6) is 0 Å². The van der Waals surface area contributed by atoms with Gasteiger partial charge in [-0.05, 0) is 49.1 Å². The first-order valence-corrected chi connectivity index (χ1v) is 11.8. The van der Waals surface area contributed by atoms with Crippen molar-refractivity contribution in [3.05, 3.63) is 71.5 Å². The predicted molar refractivity (Wildman–Crippen MR) is 139 cm³/mol. The second kappa shape index (κ2) is 9.71. The highest BCUT2D eigenvalue weighted by Crippen LogP contribution is 2.24. The number of hydrogen-bond donors (Lipinski definition) is 2. The Labute approximate surface area is 202 Å². The fourth-order valence-corrected chi connectivity index (χ4v) is 3.96. The van der Waals surface area contributed by atoms with Crippen LogP contribution in [-0.2, 0) is 5.41 Å². The zero-order valence-electron chi connectivity index (χ0n) is 20.7. The van der Waals surface area contributed by atoms with Crippen LogP contribution in [0.25, 0.3) is 0 Å². The normalized spacial score (nSPS) is 14.1. The molecular formula is C27H34N6O. The minimum atomic E-state index is -0.0660. The molecule has 1 fully saturated rings. The Morgan fingerprint density at radius 3 is 2.09 bits per heavy atom. The number of carbonyl (C=O) groups is 1. The van der Waals surface area contributed by atoms with E-state index in [4.69, 9.17) is 0 Å². The van der Waals surface area contributed by atoms with Gasteiger partial charge in [-0.1, -0.05) is 50.6 Å². The number of nitrogens with zero attached hydrogens (tertiary/aromatic N) is 4. The van der Waals surface area contributed by atoms with Crippen LogP contribution in [0.4, 0.5) is 27.8 Å². The Hall–Kier alpha value is -3.61. The fraction of sp³-hybridized carbons (Fsp3) is 0.370. The maximum Gasteiger partial charge on any atom is 0.321 e. The molecule has 4 rings (SSSR count). The first-order chi connectivity index (χ1) is 16.2. The van der Waals surface area contributed by atoms with Crippen LogP contribution in [0.15, 0.2) is 54.6 Å². The summed E-state index contributed by atoms with van der Waals surface area (Å²) in [7, 11) is 0. The van der Waals surface area contributed by atoms with Gasteiger partial charge in [-0.25, -0.2) is 14.8 Å². The lowest BCUT2D eigenvalue weighted by molar-refractivity contribution is 0.208. The van der Waals surface area contributed by atoms with Crippen LogP contribution >= 0.6 is 0 Å². The topological polar surface area (TPSA) is 73.4 Å². The van der Waals surface area contributed by atoms with E-state index in [2.05, 4.69) is 77.5 Å². The number of nitrogens with one attached hydrogen (secondary N) is 2. The van der Waals surface area contributed by atoms with Crippen molar-refractivity contribution in [3.8, 4) is 0 Å². The van der Waals surface area contributed by atoms with E-state index in [1.54, 1.807) is 0 Å². The molecule has 7 nitrogen and oxygen atoms in total. The molecule has 0 aliphatic carbocycles. The molecule has 2 N–H and O–H groups in total. The van der Waals surface area contributed by atoms with Crippen molar-refractivity contribution in [3.63, 3.8) is 0 Å². The standard InChI is InChI=1S/C27H34N6O/c1-19-6-10-22(11-7-19)30-24-18-25(29-20(2)28-24)32-14-16-33(17-15-32)26(34)31-23-12-8-21(9-13-23)27(3,4)5/h6-13,18H,14-17H2,1-5H3,(H,31,34)(H,28,29,30). The molecule has 2 aromatic carbocycles. The molecule has 1 saturated heterocycles. The third kappa shape index (κ3) is 5.84. The number of hydrogen-bond acceptors (Lipinski definition) is 5. The Morgan fingerprint density at radius 1 is 0.853 bits per heavy atom. The van der Waals surface area contributed by atoms with Gasteiger partial charge in [0.25, 0.3) is 0 Å². The van der Waals surface area contributed by atoms with Gasteiger partial charge in [-0.2, -0.15) is 0 Å². The molecular weight excluding hydrogens is 424 g/mol. The Bertz CT molecular complexity index is 1130. The number of urea groups is 1. The molecule has 7 heteroatoms. The second-order valence-corrected chi connectivity index (χ2v) is 9.88. The van der Waals surface area contributed by atoms with E-state index in [0.717, 1.165) is 36.1 Å². The second-order valence-electron chi connectivity index (χ2n) is 9.88. The molecule has 1 aliphatic rings. The molecule has 0 radical (unpaired) electrons. The monoisotopic (exact) mass is 458 g/mol. The van der Waals surface area contributed by atoms with Gasteiger partial charge in [-0.15, -0.1) is 0 Å². The highest BCUT2D eigenvalue weighted by atomic mass is 16.2. The molecule has 0 bridgehead atoms. The quantitative estimate of drug-likeness (QED) is 0.541. The van der Waals surface area contributed by atoms with E-state index in [1.807, 2.05) is 42.2 Å². The molecule has 0 saturated carbocycles. The van der Waals surface area contributed by atoms with Crippen molar-refractivity contribution in [1.82, 2.24) is 14.9 Å². The van der Waals surface area contributed by atoms with Crippen LogP contribution in [0.2, 0.25) is 0 Å². The Balaban J connectivity index is 1.35. The van der Waals surface area contributed by atoms with Crippen LogP contribution in [-0.4, -0.2) is 47.1 Å². The maximum atomic E-state index is 12.8. The lowest BCUT2D eigenvalue weighted by Crippen LogP contribution is -2.50. The highest BCUT2D eigenvalue weighted by molar-refractivity contribution is 5.89. The number of carbonyl (C=O) groups excluding carboxylic acids is 1. The summed E-state index contributed by atoms with van der Waals surface area (Å²) in [4.78, 5) is 26.0. The summed E-state index contributed by atoms with van der Waals surface area (Å²) >= 11 is 0. The lowest BCUT2D eigenvalue weighted by atomic mass is 9.87. The first-order valence-electron chi connectivity index (χ1n) is 11.8. The van der Waals surface area contributed by atoms with E-state index in [1.165, 1.54) is 11.1 Å². The molecule has 0 unspecified atom stereocenters. The van der Waals surface area contributed by atoms with Gasteiger partial charge in [0.15, 0.2) is 0 Å². The number of aryl methyl sites for hydroxylation is 2. The van der Waals surface area contributed by atoms with Crippen LogP contribution in [0.1, 0.15) is 37.7 Å². The Morgan fingerprint density at radius 2 is 1.47 bits per heavy atom. The zero-order valence-corrected chi connectivity index (χ0v) is 20.7. The summed E-state index contributed by atoms with van der Waals surface area (Å²) in [5.41, 5.74) is 4.36. The smallest absolute Gasteiger partial charge is 0.321 e. The van der Waals surface area contributed by atoms with Crippen molar-refractivity contribution < 1.29 is 4.79 Å². The highest BCUT2D eigenvalue weighted by Gasteiger charge is 2.23. The minimum Gasteiger partial charge on any atom is -0.353 e. The largest absolute Gasteiger partial charge is 0.353 e. The van der Waals surface area contributed by atoms with E-state index < -0.39 is 0 Å². The maximum absolute atomic E-state index is 12.8. The van der Waals surface area contributed by atoms with Crippen molar-refractivity contribution in [2.24, 2.45) is 0 Å². The van der Waals surface area contributed by atoms with E-state index in [0.29, 0.717) is 18.9 Å². The van der Waals surface area contributed by atoms with Crippen molar-refractivity contribution in [2.75, 3.05) is 41.7 Å². The van der Waals surface area contributed by atoms with Gasteiger partial charge in [0.05, 0.1) is 0 Å². The van der Waals surface area contributed by atoms with Gasteiger partial charge in [0.2, 0.25) is 0 Å². The molecule has 0 atom stereocenters. The Kier molecular flexibility index (Phi) is 6.72. The average molecular weight is 459 g/mol. The SMILES string of the molecule is Cc1ccc(Nc2cc(N3CCN(C(=O)Nc4ccc(C(C)(C)C)cc4)CC3)nc(C)n2)cc1. The van der Waals surface area contributed by atoms with Crippen molar-refractivity contribution >= 4 is 29.0 Å². The third-order valence-corrected chi connectivity index (χ3v) is 6.04. The molecule has 178 valence electrons. The van der Waals surface area contributed by atoms with E-state index >= 15 is 0 Å². The van der Waals surface area contributed by atoms with E-state index in [-0.39, 0.29) is 11.4 Å². The number of benzene rings is 2. The summed E-state index contributed by atoms with van der Waals surface area (Å²) in [6.07, 6.45) is 0. The zero-order chi connectivity index (χ0) is 24.3. The van der Waals surface area contributed by atoms with Gasteiger partial charge >= 0.3 is 6.03 Å². The van der Waals surface area contributed by atoms with Crippen molar-refractivity contribution in [1.29, 1.82) is 0 Å². The van der Waals surface area contributed by atoms with E-state index in [9.17, 15) is 4.79 Å². The van der Waals surface area contributed by atoms with Gasteiger partial charge in [0, 0.05) is 43.6 Å². The molecule has 1 aliphatic heterocycles. The summed E-state index contributed by atoms with van der Waals surface area (Å²) < 4.78 is 0. The predicted octanol–water partition coefficient (Wildman–Crippen LogP) is 5.49. The summed E-state index contributed by atoms with van der Waals surface area (Å²) in [6, 6.07) is 18.2.